The lowest BCUT2D eigenvalue weighted by molar-refractivity contribution is -0.140. The summed E-state index contributed by atoms with van der Waals surface area (Å²) in [6, 6.07) is 0. The van der Waals surface area contributed by atoms with Crippen LogP contribution in [-0.2, 0) is 14.2 Å². The van der Waals surface area contributed by atoms with Crippen LogP contribution in [0.1, 0.15) is 33.6 Å². The summed E-state index contributed by atoms with van der Waals surface area (Å²) in [5, 5.41) is 0. The summed E-state index contributed by atoms with van der Waals surface area (Å²) in [6.45, 7) is 6.75. The molecule has 2 aliphatic heterocycles. The summed E-state index contributed by atoms with van der Waals surface area (Å²) < 4.78 is 16.7. The van der Waals surface area contributed by atoms with Gasteiger partial charge in [0.25, 0.3) is 0 Å². The molecular formula is C10H18O3. The molecule has 0 saturated carbocycles. The van der Waals surface area contributed by atoms with E-state index in [2.05, 4.69) is 6.92 Å². The van der Waals surface area contributed by atoms with Crippen molar-refractivity contribution in [2.24, 2.45) is 0 Å². The van der Waals surface area contributed by atoms with Gasteiger partial charge in [0, 0.05) is 0 Å². The highest BCUT2D eigenvalue weighted by Crippen LogP contribution is 2.36. The lowest BCUT2D eigenvalue weighted by atomic mass is 10.1. The van der Waals surface area contributed by atoms with Gasteiger partial charge in [0.1, 0.15) is 12.2 Å². The van der Waals surface area contributed by atoms with Crippen molar-refractivity contribution in [3.63, 3.8) is 0 Å². The summed E-state index contributed by atoms with van der Waals surface area (Å²) in [5.74, 6) is -0.409. The van der Waals surface area contributed by atoms with Gasteiger partial charge in [0.15, 0.2) is 5.79 Å². The van der Waals surface area contributed by atoms with Gasteiger partial charge in [-0.05, 0) is 20.3 Å². The second-order valence-electron chi connectivity index (χ2n) is 4.29. The van der Waals surface area contributed by atoms with Crippen LogP contribution < -0.4 is 0 Å². The van der Waals surface area contributed by atoms with E-state index in [-0.39, 0.29) is 6.10 Å². The molecule has 0 spiro atoms. The molecule has 2 fully saturated rings. The van der Waals surface area contributed by atoms with Gasteiger partial charge in [-0.1, -0.05) is 13.3 Å². The van der Waals surface area contributed by atoms with Gasteiger partial charge in [-0.15, -0.1) is 0 Å². The van der Waals surface area contributed by atoms with Crippen molar-refractivity contribution in [2.45, 2.75) is 57.7 Å². The maximum Gasteiger partial charge on any atom is 0.163 e. The van der Waals surface area contributed by atoms with Gasteiger partial charge in [0.05, 0.1) is 12.7 Å². The Balaban J connectivity index is 1.79. The Hall–Kier alpha value is -0.120. The smallest absolute Gasteiger partial charge is 0.163 e. The minimum atomic E-state index is -0.409. The molecule has 0 N–H and O–H groups in total. The molecule has 2 heterocycles. The molecule has 76 valence electrons. The first kappa shape index (κ1) is 9.44. The Bertz CT molecular complexity index is 191. The number of hydrogen-bond acceptors (Lipinski definition) is 3. The molecule has 0 aromatic heterocycles. The second kappa shape index (κ2) is 3.23. The number of hydrogen-bond donors (Lipinski definition) is 0. The van der Waals surface area contributed by atoms with Crippen molar-refractivity contribution < 1.29 is 14.2 Å². The highest BCUT2D eigenvalue weighted by atomic mass is 16.8. The Morgan fingerprint density at radius 2 is 2.15 bits per heavy atom. The van der Waals surface area contributed by atoms with Gasteiger partial charge in [-0.3, -0.25) is 0 Å². The quantitative estimate of drug-likeness (QED) is 0.629. The molecule has 2 aliphatic rings. The molecule has 0 bridgehead atoms. The first-order chi connectivity index (χ1) is 6.12. The van der Waals surface area contributed by atoms with E-state index < -0.39 is 5.79 Å². The van der Waals surface area contributed by atoms with Crippen LogP contribution in [-0.4, -0.2) is 30.7 Å². The van der Waals surface area contributed by atoms with Crippen LogP contribution in [0.25, 0.3) is 0 Å². The molecule has 3 atom stereocenters. The summed E-state index contributed by atoms with van der Waals surface area (Å²) in [4.78, 5) is 0. The maximum absolute atomic E-state index is 5.70. The van der Waals surface area contributed by atoms with E-state index in [1.165, 1.54) is 6.42 Å². The highest BCUT2D eigenvalue weighted by Gasteiger charge is 2.49. The third-order valence-electron chi connectivity index (χ3n) is 2.59. The SMILES string of the molecule is CCCC1OC1[C@H]1COC(C)(C)O1. The van der Waals surface area contributed by atoms with E-state index in [1.807, 2.05) is 13.8 Å². The fourth-order valence-corrected chi connectivity index (χ4v) is 1.88. The average molecular weight is 186 g/mol. The molecule has 3 heteroatoms. The fraction of sp³-hybridized carbons (Fsp3) is 1.00. The molecule has 0 radical (unpaired) electrons. The van der Waals surface area contributed by atoms with Gasteiger partial charge >= 0.3 is 0 Å². The van der Waals surface area contributed by atoms with Crippen LogP contribution in [0.5, 0.6) is 0 Å². The molecule has 0 aromatic carbocycles. The van der Waals surface area contributed by atoms with E-state index in [9.17, 15) is 0 Å². The number of epoxide rings is 1. The molecule has 2 unspecified atom stereocenters. The molecule has 3 nitrogen and oxygen atoms in total. The molecule has 0 amide bonds. The van der Waals surface area contributed by atoms with Crippen LogP contribution in [0.15, 0.2) is 0 Å². The molecule has 2 rings (SSSR count). The van der Waals surface area contributed by atoms with Crippen LogP contribution >= 0.6 is 0 Å². The molecule has 0 aromatic rings. The Labute approximate surface area is 79.4 Å². The van der Waals surface area contributed by atoms with Gasteiger partial charge in [-0.2, -0.15) is 0 Å². The first-order valence-corrected chi connectivity index (χ1v) is 5.09. The number of ether oxygens (including phenoxy) is 3. The minimum absolute atomic E-state index is 0.159. The predicted octanol–water partition coefficient (Wildman–Crippen LogP) is 1.71. The summed E-state index contributed by atoms with van der Waals surface area (Å²) in [6.07, 6.45) is 3.20. The van der Waals surface area contributed by atoms with Crippen LogP contribution in [0.4, 0.5) is 0 Å². The molecule has 0 aliphatic carbocycles. The van der Waals surface area contributed by atoms with Crippen LogP contribution in [0, 0.1) is 0 Å². The zero-order chi connectivity index (χ0) is 9.47. The van der Waals surface area contributed by atoms with Gasteiger partial charge in [-0.25, -0.2) is 0 Å². The van der Waals surface area contributed by atoms with Crippen molar-refractivity contribution in [3.8, 4) is 0 Å². The van der Waals surface area contributed by atoms with Crippen molar-refractivity contribution in [2.75, 3.05) is 6.61 Å². The molecular weight excluding hydrogens is 168 g/mol. The van der Waals surface area contributed by atoms with Crippen LogP contribution in [0.2, 0.25) is 0 Å². The molecule has 2 saturated heterocycles. The lowest BCUT2D eigenvalue weighted by Gasteiger charge is -2.16. The highest BCUT2D eigenvalue weighted by molar-refractivity contribution is 4.93. The van der Waals surface area contributed by atoms with Crippen molar-refractivity contribution in [3.05, 3.63) is 0 Å². The third-order valence-corrected chi connectivity index (χ3v) is 2.59. The second-order valence-corrected chi connectivity index (χ2v) is 4.29. The normalized spacial score (nSPS) is 42.2. The van der Waals surface area contributed by atoms with E-state index >= 15 is 0 Å². The fourth-order valence-electron chi connectivity index (χ4n) is 1.88. The van der Waals surface area contributed by atoms with Gasteiger partial charge < -0.3 is 14.2 Å². The Kier molecular flexibility index (Phi) is 2.34. The van der Waals surface area contributed by atoms with Gasteiger partial charge in [0.2, 0.25) is 0 Å². The largest absolute Gasteiger partial charge is 0.367 e. The Morgan fingerprint density at radius 1 is 1.38 bits per heavy atom. The van der Waals surface area contributed by atoms with Crippen molar-refractivity contribution in [1.29, 1.82) is 0 Å². The summed E-state index contributed by atoms with van der Waals surface area (Å²) in [5.41, 5.74) is 0. The van der Waals surface area contributed by atoms with Crippen molar-refractivity contribution in [1.82, 2.24) is 0 Å². The van der Waals surface area contributed by atoms with E-state index in [0.717, 1.165) is 6.42 Å². The topological polar surface area (TPSA) is 31.0 Å². The minimum Gasteiger partial charge on any atom is -0.367 e. The van der Waals surface area contributed by atoms with E-state index in [0.29, 0.717) is 18.8 Å². The zero-order valence-electron chi connectivity index (χ0n) is 8.58. The van der Waals surface area contributed by atoms with Crippen LogP contribution in [0.3, 0.4) is 0 Å². The van der Waals surface area contributed by atoms with E-state index in [4.69, 9.17) is 14.2 Å². The standard InChI is InChI=1S/C10H18O3/c1-4-5-7-9(12-7)8-6-11-10(2,3)13-8/h7-9H,4-6H2,1-3H3/t7?,8-,9?/m1/s1. The third kappa shape index (κ3) is 2.03. The first-order valence-electron chi connectivity index (χ1n) is 5.09. The maximum atomic E-state index is 5.70. The monoisotopic (exact) mass is 186 g/mol. The molecule has 13 heavy (non-hydrogen) atoms. The summed E-state index contributed by atoms with van der Waals surface area (Å²) in [7, 11) is 0. The zero-order valence-corrected chi connectivity index (χ0v) is 8.58. The summed E-state index contributed by atoms with van der Waals surface area (Å²) >= 11 is 0. The number of rotatable bonds is 3. The van der Waals surface area contributed by atoms with Crippen molar-refractivity contribution >= 4 is 0 Å². The van der Waals surface area contributed by atoms with E-state index in [1.54, 1.807) is 0 Å². The Morgan fingerprint density at radius 3 is 2.69 bits per heavy atom. The predicted molar refractivity (Wildman–Crippen MR) is 48.5 cm³/mol. The average Bonchev–Trinajstić information content (AvgIpc) is 2.70. The lowest BCUT2D eigenvalue weighted by Crippen LogP contribution is -2.25.